The van der Waals surface area contributed by atoms with Gasteiger partial charge in [-0.1, -0.05) is 13.8 Å². The molecule has 0 saturated heterocycles. The molecule has 0 aromatic rings. The Kier molecular flexibility index (Phi) is 3.45. The zero-order valence-corrected chi connectivity index (χ0v) is 7.20. The normalized spacial score (nSPS) is 14.5. The van der Waals surface area contributed by atoms with Crippen LogP contribution in [0.25, 0.3) is 0 Å². The maximum atomic E-state index is 10.3. The number of nitro groups is 1. The van der Waals surface area contributed by atoms with Crippen molar-refractivity contribution in [3.05, 3.63) is 10.1 Å². The van der Waals surface area contributed by atoms with E-state index >= 15 is 0 Å². The van der Waals surface area contributed by atoms with Crippen molar-refractivity contribution >= 4 is 0 Å². The van der Waals surface area contributed by atoms with E-state index in [1.165, 1.54) is 0 Å². The number of hydrogen-bond donors (Lipinski definition) is 1. The number of rotatable bonds is 4. The van der Waals surface area contributed by atoms with Crippen LogP contribution in [0.3, 0.4) is 0 Å². The lowest BCUT2D eigenvalue weighted by atomic mass is 9.83. The predicted octanol–water partition coefficient (Wildman–Crippen LogP) is 1.06. The molecule has 0 radical (unpaired) electrons. The molecule has 0 fully saturated rings. The summed E-state index contributed by atoms with van der Waals surface area (Å²) in [6.07, 6.45) is 0.467. The van der Waals surface area contributed by atoms with E-state index in [9.17, 15) is 10.1 Å². The lowest BCUT2D eigenvalue weighted by Crippen LogP contribution is -2.34. The van der Waals surface area contributed by atoms with Crippen LogP contribution in [-0.4, -0.2) is 22.7 Å². The third-order valence-electron chi connectivity index (χ3n) is 2.20. The molecule has 0 aromatic heterocycles. The molecule has 0 aliphatic carbocycles. The summed E-state index contributed by atoms with van der Waals surface area (Å²) in [5, 5.41) is 19.0. The Labute approximate surface area is 66.4 Å². The van der Waals surface area contributed by atoms with Gasteiger partial charge in [0.05, 0.1) is 0 Å². The Bertz CT molecular complexity index is 145. The van der Waals surface area contributed by atoms with Gasteiger partial charge in [0, 0.05) is 23.9 Å². The molecule has 0 saturated carbocycles. The minimum atomic E-state index is -0.602. The van der Waals surface area contributed by atoms with Crippen LogP contribution in [-0.2, 0) is 0 Å². The first-order valence-electron chi connectivity index (χ1n) is 3.66. The van der Waals surface area contributed by atoms with Gasteiger partial charge in [0.2, 0.25) is 6.04 Å². The highest BCUT2D eigenvalue weighted by molar-refractivity contribution is 4.74. The lowest BCUT2D eigenvalue weighted by molar-refractivity contribution is -0.536. The van der Waals surface area contributed by atoms with Crippen molar-refractivity contribution in [2.24, 2.45) is 5.41 Å². The fourth-order valence-electron chi connectivity index (χ4n) is 0.782. The van der Waals surface area contributed by atoms with Crippen molar-refractivity contribution in [1.82, 2.24) is 0 Å². The quantitative estimate of drug-likeness (QED) is 0.495. The first-order chi connectivity index (χ1) is 4.91. The van der Waals surface area contributed by atoms with E-state index in [2.05, 4.69) is 0 Å². The third-order valence-corrected chi connectivity index (χ3v) is 2.20. The van der Waals surface area contributed by atoms with Gasteiger partial charge in [-0.2, -0.15) is 0 Å². The van der Waals surface area contributed by atoms with Crippen molar-refractivity contribution in [2.45, 2.75) is 33.2 Å². The van der Waals surface area contributed by atoms with Crippen LogP contribution < -0.4 is 0 Å². The van der Waals surface area contributed by atoms with Gasteiger partial charge in [-0.25, -0.2) is 0 Å². The van der Waals surface area contributed by atoms with Crippen LogP contribution in [0.1, 0.15) is 27.2 Å². The molecule has 0 bridgehead atoms. The maximum Gasteiger partial charge on any atom is 0.215 e. The second-order valence-corrected chi connectivity index (χ2v) is 3.42. The Morgan fingerprint density at radius 2 is 2.09 bits per heavy atom. The van der Waals surface area contributed by atoms with Gasteiger partial charge in [0.25, 0.3) is 0 Å². The molecule has 1 unspecified atom stereocenters. The van der Waals surface area contributed by atoms with Gasteiger partial charge >= 0.3 is 0 Å². The van der Waals surface area contributed by atoms with Crippen LogP contribution in [0, 0.1) is 15.5 Å². The zero-order chi connectivity index (χ0) is 9.07. The molecule has 0 aromatic carbocycles. The second kappa shape index (κ2) is 3.67. The van der Waals surface area contributed by atoms with E-state index in [0.29, 0.717) is 6.42 Å². The van der Waals surface area contributed by atoms with Crippen LogP contribution >= 0.6 is 0 Å². The van der Waals surface area contributed by atoms with Crippen molar-refractivity contribution in [1.29, 1.82) is 0 Å². The molecule has 0 amide bonds. The van der Waals surface area contributed by atoms with Gasteiger partial charge in [-0.15, -0.1) is 0 Å². The van der Waals surface area contributed by atoms with Crippen molar-refractivity contribution in [3.8, 4) is 0 Å². The number of aliphatic hydroxyl groups excluding tert-OH is 1. The van der Waals surface area contributed by atoms with E-state index in [0.717, 1.165) is 0 Å². The fraction of sp³-hybridized carbons (Fsp3) is 1.00. The Morgan fingerprint density at radius 3 is 2.36 bits per heavy atom. The van der Waals surface area contributed by atoms with Gasteiger partial charge in [0.1, 0.15) is 0 Å². The Morgan fingerprint density at radius 1 is 1.64 bits per heavy atom. The molecular formula is C7H15NO3. The first kappa shape index (κ1) is 10.4. The Balaban J connectivity index is 4.16. The van der Waals surface area contributed by atoms with Crippen molar-refractivity contribution < 1.29 is 10.0 Å². The summed E-state index contributed by atoms with van der Waals surface area (Å²) in [7, 11) is 0. The largest absolute Gasteiger partial charge is 0.396 e. The molecule has 0 aliphatic rings. The highest BCUT2D eigenvalue weighted by Crippen LogP contribution is 2.26. The van der Waals surface area contributed by atoms with Crippen LogP contribution in [0.15, 0.2) is 0 Å². The van der Waals surface area contributed by atoms with Crippen LogP contribution in [0.2, 0.25) is 0 Å². The van der Waals surface area contributed by atoms with E-state index in [1.807, 2.05) is 0 Å². The zero-order valence-electron chi connectivity index (χ0n) is 7.20. The summed E-state index contributed by atoms with van der Waals surface area (Å²) in [6, 6.07) is -0.602. The molecule has 0 rings (SSSR count). The molecule has 4 nitrogen and oxygen atoms in total. The van der Waals surface area contributed by atoms with Gasteiger partial charge in [-0.3, -0.25) is 10.1 Å². The summed E-state index contributed by atoms with van der Waals surface area (Å²) in [5.41, 5.74) is -0.418. The number of aliphatic hydroxyl groups is 1. The molecule has 1 N–H and O–H groups in total. The summed E-state index contributed by atoms with van der Waals surface area (Å²) in [6.45, 7) is 5.15. The second-order valence-electron chi connectivity index (χ2n) is 3.42. The standard InChI is InChI=1S/C7H15NO3/c1-6(8(10)11)7(2,3)4-5-9/h6,9H,4-5H2,1-3H3. The van der Waals surface area contributed by atoms with E-state index < -0.39 is 11.5 Å². The van der Waals surface area contributed by atoms with Gasteiger partial charge in [-0.05, 0) is 6.42 Å². The highest BCUT2D eigenvalue weighted by atomic mass is 16.6. The van der Waals surface area contributed by atoms with E-state index in [-0.39, 0.29) is 11.5 Å². The van der Waals surface area contributed by atoms with Crippen molar-refractivity contribution in [2.75, 3.05) is 6.61 Å². The van der Waals surface area contributed by atoms with Crippen LogP contribution in [0.5, 0.6) is 0 Å². The van der Waals surface area contributed by atoms with Gasteiger partial charge in [0.15, 0.2) is 0 Å². The summed E-state index contributed by atoms with van der Waals surface area (Å²) < 4.78 is 0. The molecule has 66 valence electrons. The molecule has 0 aliphatic heterocycles. The summed E-state index contributed by atoms with van der Waals surface area (Å²) in [4.78, 5) is 10.0. The highest BCUT2D eigenvalue weighted by Gasteiger charge is 2.33. The number of hydrogen-bond acceptors (Lipinski definition) is 3. The van der Waals surface area contributed by atoms with Crippen LogP contribution in [0.4, 0.5) is 0 Å². The molecule has 11 heavy (non-hydrogen) atoms. The van der Waals surface area contributed by atoms with E-state index in [4.69, 9.17) is 5.11 Å². The SMILES string of the molecule is CC([N+](=O)[O-])C(C)(C)CCO. The summed E-state index contributed by atoms with van der Waals surface area (Å²) >= 11 is 0. The molecule has 1 atom stereocenters. The molecular weight excluding hydrogens is 146 g/mol. The average molecular weight is 161 g/mol. The predicted molar refractivity (Wildman–Crippen MR) is 41.9 cm³/mol. The Hall–Kier alpha value is -0.640. The monoisotopic (exact) mass is 161 g/mol. The minimum absolute atomic E-state index is 0.00514. The van der Waals surface area contributed by atoms with E-state index in [1.54, 1.807) is 20.8 Å². The fourth-order valence-corrected chi connectivity index (χ4v) is 0.782. The smallest absolute Gasteiger partial charge is 0.215 e. The minimum Gasteiger partial charge on any atom is -0.396 e. The molecule has 4 heteroatoms. The average Bonchev–Trinajstić information content (AvgIpc) is 1.86. The van der Waals surface area contributed by atoms with Crippen molar-refractivity contribution in [3.63, 3.8) is 0 Å². The lowest BCUT2D eigenvalue weighted by Gasteiger charge is -2.24. The number of nitrogens with zero attached hydrogens (tertiary/aromatic N) is 1. The maximum absolute atomic E-state index is 10.3. The molecule has 0 spiro atoms. The van der Waals surface area contributed by atoms with Gasteiger partial charge < -0.3 is 5.11 Å². The molecule has 0 heterocycles. The first-order valence-corrected chi connectivity index (χ1v) is 3.66. The summed E-state index contributed by atoms with van der Waals surface area (Å²) in [5.74, 6) is 0. The third kappa shape index (κ3) is 2.84. The topological polar surface area (TPSA) is 63.4 Å².